The Morgan fingerprint density at radius 3 is 2.70 bits per heavy atom. The molecule has 20 heavy (non-hydrogen) atoms. The first-order chi connectivity index (χ1) is 9.63. The molecule has 2 aliphatic rings. The van der Waals surface area contributed by atoms with Crippen LogP contribution in [0.3, 0.4) is 0 Å². The minimum absolute atomic E-state index is 0.728. The first-order valence-electron chi connectivity index (χ1n) is 8.52. The van der Waals surface area contributed by atoms with E-state index < -0.39 is 0 Å². The van der Waals surface area contributed by atoms with Crippen LogP contribution in [0.4, 0.5) is 0 Å². The van der Waals surface area contributed by atoms with Crippen molar-refractivity contribution in [1.29, 1.82) is 0 Å². The molecule has 4 atom stereocenters. The van der Waals surface area contributed by atoms with Gasteiger partial charge in [0.05, 0.1) is 6.61 Å². The summed E-state index contributed by atoms with van der Waals surface area (Å²) in [6.45, 7) is 9.53. The summed E-state index contributed by atoms with van der Waals surface area (Å²) in [5, 5.41) is 3.57. The minimum Gasteiger partial charge on any atom is -0.384 e. The molecule has 2 rings (SSSR count). The lowest BCUT2D eigenvalue weighted by molar-refractivity contribution is 0.124. The second-order valence-electron chi connectivity index (χ2n) is 7.34. The Morgan fingerprint density at radius 2 is 2.05 bits per heavy atom. The molecule has 4 unspecified atom stereocenters. The molecule has 0 aromatic rings. The van der Waals surface area contributed by atoms with Crippen LogP contribution in [-0.4, -0.2) is 51.3 Å². The van der Waals surface area contributed by atoms with E-state index in [0.717, 1.165) is 36.3 Å². The highest BCUT2D eigenvalue weighted by Crippen LogP contribution is 2.35. The van der Waals surface area contributed by atoms with E-state index in [0.29, 0.717) is 0 Å². The molecule has 0 bridgehead atoms. The van der Waals surface area contributed by atoms with Gasteiger partial charge in [-0.15, -0.1) is 0 Å². The Hall–Kier alpha value is -0.120. The van der Waals surface area contributed by atoms with Gasteiger partial charge in [0.15, 0.2) is 0 Å². The van der Waals surface area contributed by atoms with Crippen molar-refractivity contribution in [3.63, 3.8) is 0 Å². The highest BCUT2D eigenvalue weighted by atomic mass is 16.5. The number of likely N-dealkylation sites (tertiary alicyclic amines) is 1. The van der Waals surface area contributed by atoms with E-state index in [1.54, 1.807) is 0 Å². The molecule has 1 aliphatic heterocycles. The van der Waals surface area contributed by atoms with Gasteiger partial charge in [-0.25, -0.2) is 0 Å². The molecule has 1 heterocycles. The van der Waals surface area contributed by atoms with E-state index in [4.69, 9.17) is 4.74 Å². The molecule has 1 aliphatic carbocycles. The zero-order chi connectivity index (χ0) is 14.5. The Morgan fingerprint density at radius 1 is 1.25 bits per heavy atom. The van der Waals surface area contributed by atoms with Crippen molar-refractivity contribution >= 4 is 0 Å². The maximum atomic E-state index is 5.32. The van der Waals surface area contributed by atoms with E-state index in [2.05, 4.69) is 31.1 Å². The molecule has 118 valence electrons. The lowest BCUT2D eigenvalue weighted by Crippen LogP contribution is -2.45. The summed E-state index contributed by atoms with van der Waals surface area (Å²) >= 11 is 0. The normalized spacial score (nSPS) is 35.9. The quantitative estimate of drug-likeness (QED) is 0.810. The van der Waals surface area contributed by atoms with Gasteiger partial charge in [0.2, 0.25) is 0 Å². The largest absolute Gasteiger partial charge is 0.384 e. The van der Waals surface area contributed by atoms with Gasteiger partial charge in [0.25, 0.3) is 0 Å². The van der Waals surface area contributed by atoms with Gasteiger partial charge in [-0.2, -0.15) is 0 Å². The molecule has 1 saturated heterocycles. The predicted molar refractivity (Wildman–Crippen MR) is 84.9 cm³/mol. The van der Waals surface area contributed by atoms with Gasteiger partial charge in [-0.05, 0) is 62.9 Å². The summed E-state index contributed by atoms with van der Waals surface area (Å²) in [5.41, 5.74) is 0. The van der Waals surface area contributed by atoms with E-state index >= 15 is 0 Å². The first kappa shape index (κ1) is 16.3. The van der Waals surface area contributed by atoms with E-state index in [1.165, 1.54) is 45.3 Å². The lowest BCUT2D eigenvalue weighted by atomic mass is 9.73. The third-order valence-corrected chi connectivity index (χ3v) is 5.60. The summed E-state index contributed by atoms with van der Waals surface area (Å²) < 4.78 is 5.32. The van der Waals surface area contributed by atoms with Crippen LogP contribution >= 0.6 is 0 Å². The van der Waals surface area contributed by atoms with Gasteiger partial charge < -0.3 is 15.0 Å². The standard InChI is InChI=1S/C17H34N2O/c1-13(2)15-5-6-17(18-3)16(9-15)11-19-8-7-14(10-19)12-20-4/h13-18H,5-12H2,1-4H3. The smallest absolute Gasteiger partial charge is 0.0503 e. The molecular weight excluding hydrogens is 248 g/mol. The predicted octanol–water partition coefficient (Wildman–Crippen LogP) is 2.62. The van der Waals surface area contributed by atoms with Crippen molar-refractivity contribution in [2.75, 3.05) is 40.4 Å². The highest BCUT2D eigenvalue weighted by Gasteiger charge is 2.33. The SMILES string of the molecule is CNC1CCC(C(C)C)CC1CN1CCC(COC)C1. The Balaban J connectivity index is 1.85. The Labute approximate surface area is 125 Å². The molecule has 0 aromatic carbocycles. The number of methoxy groups -OCH3 is 1. The maximum Gasteiger partial charge on any atom is 0.0503 e. The van der Waals surface area contributed by atoms with Crippen LogP contribution in [0.2, 0.25) is 0 Å². The van der Waals surface area contributed by atoms with Crippen molar-refractivity contribution in [3.8, 4) is 0 Å². The molecule has 0 amide bonds. The third-order valence-electron chi connectivity index (χ3n) is 5.60. The van der Waals surface area contributed by atoms with Crippen LogP contribution < -0.4 is 5.32 Å². The summed E-state index contributed by atoms with van der Waals surface area (Å²) in [6, 6.07) is 0.728. The number of hydrogen-bond donors (Lipinski definition) is 1. The molecular formula is C17H34N2O. The fraction of sp³-hybridized carbons (Fsp3) is 1.00. The highest BCUT2D eigenvalue weighted by molar-refractivity contribution is 4.88. The van der Waals surface area contributed by atoms with Crippen molar-refractivity contribution in [2.45, 2.75) is 45.6 Å². The van der Waals surface area contributed by atoms with Crippen molar-refractivity contribution in [2.24, 2.45) is 23.7 Å². The minimum atomic E-state index is 0.728. The average Bonchev–Trinajstić information content (AvgIpc) is 2.86. The first-order valence-corrected chi connectivity index (χ1v) is 8.52. The maximum absolute atomic E-state index is 5.32. The Bertz CT molecular complexity index is 282. The van der Waals surface area contributed by atoms with Gasteiger partial charge in [0, 0.05) is 26.2 Å². The van der Waals surface area contributed by atoms with Crippen LogP contribution in [0.5, 0.6) is 0 Å². The van der Waals surface area contributed by atoms with E-state index in [-0.39, 0.29) is 0 Å². The monoisotopic (exact) mass is 282 g/mol. The van der Waals surface area contributed by atoms with Crippen LogP contribution in [0.25, 0.3) is 0 Å². The number of nitrogens with zero attached hydrogens (tertiary/aromatic N) is 1. The van der Waals surface area contributed by atoms with E-state index in [9.17, 15) is 0 Å². The number of nitrogens with one attached hydrogen (secondary N) is 1. The molecule has 3 heteroatoms. The fourth-order valence-electron chi connectivity index (χ4n) is 4.27. The van der Waals surface area contributed by atoms with Crippen LogP contribution in [0.1, 0.15) is 39.5 Å². The summed E-state index contributed by atoms with van der Waals surface area (Å²) in [4.78, 5) is 2.68. The van der Waals surface area contributed by atoms with Crippen LogP contribution in [0, 0.1) is 23.7 Å². The van der Waals surface area contributed by atoms with Gasteiger partial charge in [-0.3, -0.25) is 0 Å². The van der Waals surface area contributed by atoms with Crippen LogP contribution in [-0.2, 0) is 4.74 Å². The third kappa shape index (κ3) is 4.19. The number of rotatable bonds is 6. The molecule has 2 fully saturated rings. The second-order valence-corrected chi connectivity index (χ2v) is 7.34. The molecule has 1 saturated carbocycles. The molecule has 0 spiro atoms. The molecule has 1 N–H and O–H groups in total. The van der Waals surface area contributed by atoms with E-state index in [1.807, 2.05) is 7.11 Å². The average molecular weight is 282 g/mol. The summed E-state index contributed by atoms with van der Waals surface area (Å²) in [5.74, 6) is 3.37. The Kier molecular flexibility index (Phi) is 6.31. The van der Waals surface area contributed by atoms with Gasteiger partial charge in [0.1, 0.15) is 0 Å². The van der Waals surface area contributed by atoms with Crippen LogP contribution in [0.15, 0.2) is 0 Å². The zero-order valence-electron chi connectivity index (χ0n) is 13.9. The lowest BCUT2D eigenvalue weighted by Gasteiger charge is -2.39. The fourth-order valence-corrected chi connectivity index (χ4v) is 4.27. The summed E-state index contributed by atoms with van der Waals surface area (Å²) in [7, 11) is 3.97. The van der Waals surface area contributed by atoms with Gasteiger partial charge >= 0.3 is 0 Å². The topological polar surface area (TPSA) is 24.5 Å². The molecule has 0 aromatic heterocycles. The molecule has 0 radical (unpaired) electrons. The van der Waals surface area contributed by atoms with Crippen molar-refractivity contribution in [1.82, 2.24) is 10.2 Å². The summed E-state index contributed by atoms with van der Waals surface area (Å²) in [6.07, 6.45) is 5.50. The zero-order valence-corrected chi connectivity index (χ0v) is 13.9. The number of ether oxygens (including phenoxy) is 1. The molecule has 3 nitrogen and oxygen atoms in total. The van der Waals surface area contributed by atoms with Crippen molar-refractivity contribution in [3.05, 3.63) is 0 Å². The second kappa shape index (κ2) is 7.77. The number of hydrogen-bond acceptors (Lipinski definition) is 3. The van der Waals surface area contributed by atoms with Crippen molar-refractivity contribution < 1.29 is 4.74 Å². The van der Waals surface area contributed by atoms with Gasteiger partial charge in [-0.1, -0.05) is 13.8 Å².